The van der Waals surface area contributed by atoms with Gasteiger partial charge in [0.25, 0.3) is 5.56 Å². The van der Waals surface area contributed by atoms with Crippen molar-refractivity contribution in [2.75, 3.05) is 18.5 Å². The molecule has 170 valence electrons. The maximum atomic E-state index is 12.8. The van der Waals surface area contributed by atoms with Crippen LogP contribution < -0.4 is 10.9 Å². The lowest BCUT2D eigenvalue weighted by Crippen LogP contribution is -2.21. The Hall–Kier alpha value is -3.58. The van der Waals surface area contributed by atoms with Crippen molar-refractivity contribution in [3.8, 4) is 11.1 Å². The van der Waals surface area contributed by atoms with Gasteiger partial charge in [-0.3, -0.25) is 10.1 Å². The van der Waals surface area contributed by atoms with Gasteiger partial charge in [0.1, 0.15) is 6.61 Å². The number of aromatic nitrogens is 2. The van der Waals surface area contributed by atoms with E-state index in [2.05, 4.69) is 15.3 Å². The summed E-state index contributed by atoms with van der Waals surface area (Å²) in [4.78, 5) is 31.1. The zero-order valence-electron chi connectivity index (χ0n) is 18.4. The number of anilines is 1. The minimum atomic E-state index is -0.542. The van der Waals surface area contributed by atoms with E-state index in [4.69, 9.17) is 9.47 Å². The fraction of sp³-hybridized carbons (Fsp3) is 0.308. The SMILES string of the molecule is O=C(Nc1ccc2cc(-c3c[nH]c4ccccc34)c(=O)[nH]c2c1)OCCOC1CCCCC1. The van der Waals surface area contributed by atoms with Crippen LogP contribution in [-0.4, -0.2) is 35.4 Å². The van der Waals surface area contributed by atoms with E-state index in [0.717, 1.165) is 34.7 Å². The summed E-state index contributed by atoms with van der Waals surface area (Å²) in [6, 6.07) is 15.1. The summed E-state index contributed by atoms with van der Waals surface area (Å²) >= 11 is 0. The monoisotopic (exact) mass is 445 g/mol. The molecule has 2 aromatic carbocycles. The van der Waals surface area contributed by atoms with Crippen LogP contribution in [0.25, 0.3) is 32.9 Å². The number of para-hydroxylation sites is 1. The standard InChI is InChI=1S/C26H27N3O4/c30-25-21(22-16-27-23-9-5-4-8-20(22)23)14-17-10-11-18(15-24(17)29-25)28-26(31)33-13-12-32-19-6-2-1-3-7-19/h4-5,8-11,14-16,19,27H,1-3,6-7,12-13H2,(H,28,31)(H,29,30). The van der Waals surface area contributed by atoms with Crippen LogP contribution >= 0.6 is 0 Å². The summed E-state index contributed by atoms with van der Waals surface area (Å²) < 4.78 is 11.0. The van der Waals surface area contributed by atoms with Crippen LogP contribution in [0.4, 0.5) is 10.5 Å². The molecule has 0 unspecified atom stereocenters. The average Bonchev–Trinajstić information content (AvgIpc) is 3.26. The molecule has 33 heavy (non-hydrogen) atoms. The lowest BCUT2D eigenvalue weighted by Gasteiger charge is -2.21. The number of amides is 1. The number of benzene rings is 2. The first-order chi connectivity index (χ1) is 16.2. The molecule has 2 heterocycles. The topological polar surface area (TPSA) is 96.2 Å². The second-order valence-electron chi connectivity index (χ2n) is 8.45. The molecule has 0 saturated heterocycles. The molecular formula is C26H27N3O4. The molecular weight excluding hydrogens is 418 g/mol. The van der Waals surface area contributed by atoms with E-state index in [1.807, 2.05) is 42.6 Å². The van der Waals surface area contributed by atoms with Crippen LogP contribution in [0, 0.1) is 0 Å². The molecule has 1 amide bonds. The molecule has 1 aliphatic rings. The summed E-state index contributed by atoms with van der Waals surface area (Å²) in [5, 5.41) is 4.58. The molecule has 4 aromatic rings. The molecule has 5 rings (SSSR count). The van der Waals surface area contributed by atoms with Gasteiger partial charge in [-0.25, -0.2) is 4.79 Å². The Bertz CT molecular complexity index is 1330. The highest BCUT2D eigenvalue weighted by atomic mass is 16.6. The zero-order chi connectivity index (χ0) is 22.6. The number of aromatic amines is 2. The van der Waals surface area contributed by atoms with E-state index in [1.54, 1.807) is 12.1 Å². The van der Waals surface area contributed by atoms with Gasteiger partial charge >= 0.3 is 6.09 Å². The number of carbonyl (C=O) groups is 1. The van der Waals surface area contributed by atoms with E-state index in [9.17, 15) is 9.59 Å². The van der Waals surface area contributed by atoms with Crippen molar-refractivity contribution in [3.05, 3.63) is 65.1 Å². The molecule has 7 heteroatoms. The number of fused-ring (bicyclic) bond motifs is 2. The van der Waals surface area contributed by atoms with Crippen LogP contribution in [0.1, 0.15) is 32.1 Å². The fourth-order valence-electron chi connectivity index (χ4n) is 4.51. The number of pyridine rings is 1. The summed E-state index contributed by atoms with van der Waals surface area (Å²) in [6.07, 6.45) is 7.47. The van der Waals surface area contributed by atoms with Gasteiger partial charge in [-0.1, -0.05) is 43.5 Å². The minimum Gasteiger partial charge on any atom is -0.447 e. The smallest absolute Gasteiger partial charge is 0.411 e. The normalized spacial score (nSPS) is 14.5. The molecule has 1 fully saturated rings. The number of nitrogens with one attached hydrogen (secondary N) is 3. The van der Waals surface area contributed by atoms with E-state index in [-0.39, 0.29) is 18.3 Å². The number of ether oxygens (including phenoxy) is 2. The highest BCUT2D eigenvalue weighted by molar-refractivity contribution is 5.98. The molecule has 0 atom stereocenters. The van der Waals surface area contributed by atoms with Crippen LogP contribution in [0.3, 0.4) is 0 Å². The molecule has 2 aromatic heterocycles. The van der Waals surface area contributed by atoms with Crippen molar-refractivity contribution in [2.24, 2.45) is 0 Å². The third kappa shape index (κ3) is 4.78. The maximum Gasteiger partial charge on any atom is 0.411 e. The molecule has 1 aliphatic carbocycles. The quantitative estimate of drug-likeness (QED) is 0.338. The van der Waals surface area contributed by atoms with Crippen molar-refractivity contribution in [1.82, 2.24) is 9.97 Å². The Morgan fingerprint density at radius 1 is 0.970 bits per heavy atom. The lowest BCUT2D eigenvalue weighted by atomic mass is 9.98. The summed E-state index contributed by atoms with van der Waals surface area (Å²) in [6.45, 7) is 0.612. The van der Waals surface area contributed by atoms with E-state index in [1.165, 1.54) is 19.3 Å². The first kappa shape index (κ1) is 21.3. The van der Waals surface area contributed by atoms with Crippen molar-refractivity contribution >= 4 is 33.6 Å². The van der Waals surface area contributed by atoms with Gasteiger partial charge < -0.3 is 19.4 Å². The van der Waals surface area contributed by atoms with Crippen LogP contribution in [0.2, 0.25) is 0 Å². The first-order valence-corrected chi connectivity index (χ1v) is 11.5. The second-order valence-corrected chi connectivity index (χ2v) is 8.45. The predicted molar refractivity (Wildman–Crippen MR) is 130 cm³/mol. The molecule has 0 bridgehead atoms. The zero-order valence-corrected chi connectivity index (χ0v) is 18.4. The van der Waals surface area contributed by atoms with Gasteiger partial charge in [0, 0.05) is 33.9 Å². The third-order valence-corrected chi connectivity index (χ3v) is 6.19. The number of carbonyl (C=O) groups excluding carboxylic acids is 1. The van der Waals surface area contributed by atoms with Gasteiger partial charge in [-0.15, -0.1) is 0 Å². The highest BCUT2D eigenvalue weighted by Crippen LogP contribution is 2.28. The van der Waals surface area contributed by atoms with Gasteiger partial charge in [0.05, 0.1) is 18.2 Å². The predicted octanol–water partition coefficient (Wildman–Crippen LogP) is 5.57. The Morgan fingerprint density at radius 3 is 2.70 bits per heavy atom. The maximum absolute atomic E-state index is 12.8. The van der Waals surface area contributed by atoms with E-state index >= 15 is 0 Å². The number of H-pyrrole nitrogens is 2. The summed E-state index contributed by atoms with van der Waals surface area (Å²) in [7, 11) is 0. The van der Waals surface area contributed by atoms with Crippen molar-refractivity contribution in [3.63, 3.8) is 0 Å². The first-order valence-electron chi connectivity index (χ1n) is 11.5. The van der Waals surface area contributed by atoms with Gasteiger partial charge in [-0.05, 0) is 42.5 Å². The van der Waals surface area contributed by atoms with Crippen molar-refractivity contribution in [1.29, 1.82) is 0 Å². The molecule has 7 nitrogen and oxygen atoms in total. The molecule has 0 radical (unpaired) electrons. The van der Waals surface area contributed by atoms with Gasteiger partial charge in [0.15, 0.2) is 0 Å². The van der Waals surface area contributed by atoms with Crippen molar-refractivity contribution < 1.29 is 14.3 Å². The molecule has 0 aliphatic heterocycles. The van der Waals surface area contributed by atoms with Crippen LogP contribution in [-0.2, 0) is 9.47 Å². The van der Waals surface area contributed by atoms with Crippen LogP contribution in [0.15, 0.2) is 59.5 Å². The van der Waals surface area contributed by atoms with Crippen LogP contribution in [0.5, 0.6) is 0 Å². The number of hydrogen-bond acceptors (Lipinski definition) is 4. The van der Waals surface area contributed by atoms with Gasteiger partial charge in [0.2, 0.25) is 0 Å². The summed E-state index contributed by atoms with van der Waals surface area (Å²) in [5.74, 6) is 0. The Labute approximate surface area is 191 Å². The highest BCUT2D eigenvalue weighted by Gasteiger charge is 2.14. The van der Waals surface area contributed by atoms with Crippen molar-refractivity contribution in [2.45, 2.75) is 38.2 Å². The number of rotatable bonds is 6. The average molecular weight is 446 g/mol. The van der Waals surface area contributed by atoms with E-state index in [0.29, 0.717) is 23.4 Å². The Balaban J connectivity index is 1.24. The van der Waals surface area contributed by atoms with E-state index < -0.39 is 6.09 Å². The fourth-order valence-corrected chi connectivity index (χ4v) is 4.51. The molecule has 3 N–H and O–H groups in total. The summed E-state index contributed by atoms with van der Waals surface area (Å²) in [5.41, 5.74) is 3.44. The molecule has 0 spiro atoms. The largest absolute Gasteiger partial charge is 0.447 e. The Morgan fingerprint density at radius 2 is 1.82 bits per heavy atom. The third-order valence-electron chi connectivity index (χ3n) is 6.19. The second kappa shape index (κ2) is 9.50. The number of hydrogen-bond donors (Lipinski definition) is 3. The Kier molecular flexibility index (Phi) is 6.13. The lowest BCUT2D eigenvalue weighted by molar-refractivity contribution is 0.00583. The van der Waals surface area contributed by atoms with Gasteiger partial charge in [-0.2, -0.15) is 0 Å². The minimum absolute atomic E-state index is 0.188. The molecule has 1 saturated carbocycles.